The molecule has 148 valence electrons. The fourth-order valence-corrected chi connectivity index (χ4v) is 3.59. The van der Waals surface area contributed by atoms with Gasteiger partial charge in [0.2, 0.25) is 5.91 Å². The highest BCUT2D eigenvalue weighted by Gasteiger charge is 2.18. The molecule has 3 rings (SSSR count). The normalized spacial score (nSPS) is 10.8. The fourth-order valence-electron chi connectivity index (χ4n) is 3.00. The number of carbonyl (C=O) groups excluding carboxylic acids is 2. The molecule has 0 aliphatic carbocycles. The molecule has 3 aromatic carbocycles. The van der Waals surface area contributed by atoms with Crippen LogP contribution in [0, 0.1) is 0 Å². The van der Waals surface area contributed by atoms with E-state index in [0.29, 0.717) is 27.8 Å². The van der Waals surface area contributed by atoms with E-state index in [4.69, 9.17) is 11.6 Å². The van der Waals surface area contributed by atoms with E-state index < -0.39 is 0 Å². The lowest BCUT2D eigenvalue weighted by Crippen LogP contribution is -2.17. The Morgan fingerprint density at radius 3 is 2.31 bits per heavy atom. The summed E-state index contributed by atoms with van der Waals surface area (Å²) in [6.45, 7) is 4.26. The third-order valence-electron chi connectivity index (χ3n) is 4.63. The Kier molecular flexibility index (Phi) is 6.88. The highest BCUT2D eigenvalue weighted by molar-refractivity contribution is 9.10. The van der Waals surface area contributed by atoms with E-state index in [2.05, 4.69) is 35.1 Å². The van der Waals surface area contributed by atoms with Gasteiger partial charge in [0, 0.05) is 15.6 Å². The molecule has 0 fully saturated rings. The van der Waals surface area contributed by atoms with Crippen LogP contribution in [0.4, 0.5) is 5.69 Å². The quantitative estimate of drug-likeness (QED) is 0.411. The highest BCUT2D eigenvalue weighted by atomic mass is 79.9. The Morgan fingerprint density at radius 2 is 1.66 bits per heavy atom. The van der Waals surface area contributed by atoms with Gasteiger partial charge in [0.1, 0.15) is 0 Å². The molecular formula is C24H21BrClNO2. The van der Waals surface area contributed by atoms with Gasteiger partial charge in [0.05, 0.1) is 17.1 Å². The second-order valence-corrected chi connectivity index (χ2v) is 8.44. The maximum Gasteiger partial charge on any atom is 0.228 e. The molecule has 0 saturated carbocycles. The third-order valence-corrected chi connectivity index (χ3v) is 5.45. The monoisotopic (exact) mass is 469 g/mol. The molecule has 0 aromatic heterocycles. The summed E-state index contributed by atoms with van der Waals surface area (Å²) in [4.78, 5) is 25.6. The zero-order valence-electron chi connectivity index (χ0n) is 16.2. The van der Waals surface area contributed by atoms with Gasteiger partial charge in [0.15, 0.2) is 5.78 Å². The molecule has 5 heteroatoms. The van der Waals surface area contributed by atoms with Crippen molar-refractivity contribution in [1.82, 2.24) is 0 Å². The lowest BCUT2D eigenvalue weighted by Gasteiger charge is -2.12. The van der Waals surface area contributed by atoms with Gasteiger partial charge in [-0.1, -0.05) is 77.8 Å². The SMILES string of the molecule is CC(C)c1ccc(CC(=O)Nc2ccc(Br)cc2C(=O)c2ccccc2Cl)cc1. The van der Waals surface area contributed by atoms with Crippen LogP contribution >= 0.6 is 27.5 Å². The van der Waals surface area contributed by atoms with Crippen molar-refractivity contribution < 1.29 is 9.59 Å². The van der Waals surface area contributed by atoms with Crippen molar-refractivity contribution in [3.05, 3.63) is 98.5 Å². The van der Waals surface area contributed by atoms with Crippen LogP contribution < -0.4 is 5.32 Å². The summed E-state index contributed by atoms with van der Waals surface area (Å²) in [5.41, 5.74) is 3.39. The van der Waals surface area contributed by atoms with Gasteiger partial charge in [-0.3, -0.25) is 9.59 Å². The van der Waals surface area contributed by atoms with Crippen LogP contribution in [0.5, 0.6) is 0 Å². The summed E-state index contributed by atoms with van der Waals surface area (Å²) in [6.07, 6.45) is 0.230. The Balaban J connectivity index is 1.81. The summed E-state index contributed by atoms with van der Waals surface area (Å²) < 4.78 is 0.746. The molecule has 0 unspecified atom stereocenters. The molecule has 0 spiro atoms. The second kappa shape index (κ2) is 9.38. The topological polar surface area (TPSA) is 46.2 Å². The maximum atomic E-state index is 13.0. The molecule has 0 atom stereocenters. The summed E-state index contributed by atoms with van der Waals surface area (Å²) in [5, 5.41) is 3.25. The number of hydrogen-bond acceptors (Lipinski definition) is 2. The maximum absolute atomic E-state index is 13.0. The van der Waals surface area contributed by atoms with Gasteiger partial charge in [-0.25, -0.2) is 0 Å². The van der Waals surface area contributed by atoms with Crippen molar-refractivity contribution >= 4 is 44.9 Å². The van der Waals surface area contributed by atoms with E-state index in [1.165, 1.54) is 5.56 Å². The van der Waals surface area contributed by atoms with E-state index in [1.54, 1.807) is 42.5 Å². The predicted molar refractivity (Wildman–Crippen MR) is 122 cm³/mol. The second-order valence-electron chi connectivity index (χ2n) is 7.12. The van der Waals surface area contributed by atoms with E-state index >= 15 is 0 Å². The Morgan fingerprint density at radius 1 is 0.966 bits per heavy atom. The molecule has 3 aromatic rings. The summed E-state index contributed by atoms with van der Waals surface area (Å²) >= 11 is 9.59. The predicted octanol–water partition coefficient (Wildman–Crippen LogP) is 6.64. The number of halogens is 2. The van der Waals surface area contributed by atoms with Crippen LogP contribution in [0.2, 0.25) is 5.02 Å². The molecule has 0 saturated heterocycles. The average Bonchev–Trinajstić information content (AvgIpc) is 2.69. The molecule has 0 aliphatic rings. The van der Waals surface area contributed by atoms with Crippen molar-refractivity contribution in [2.24, 2.45) is 0 Å². The number of nitrogens with one attached hydrogen (secondary N) is 1. The first kappa shape index (κ1) is 21.3. The zero-order valence-corrected chi connectivity index (χ0v) is 18.5. The fraction of sp³-hybridized carbons (Fsp3) is 0.167. The van der Waals surface area contributed by atoms with Gasteiger partial charge >= 0.3 is 0 Å². The van der Waals surface area contributed by atoms with Crippen LogP contribution in [0.15, 0.2) is 71.2 Å². The number of benzene rings is 3. The Labute approximate surface area is 184 Å². The molecular weight excluding hydrogens is 450 g/mol. The number of ketones is 1. The van der Waals surface area contributed by atoms with Crippen molar-refractivity contribution in [1.29, 1.82) is 0 Å². The number of anilines is 1. The number of amides is 1. The summed E-state index contributed by atoms with van der Waals surface area (Å²) in [7, 11) is 0. The van der Waals surface area contributed by atoms with Crippen LogP contribution in [0.1, 0.15) is 46.8 Å². The standard InChI is InChI=1S/C24H21BrClNO2/c1-15(2)17-9-7-16(8-10-17)13-23(28)27-22-12-11-18(25)14-20(22)24(29)19-5-3-4-6-21(19)26/h3-12,14-15H,13H2,1-2H3,(H,27,28). The minimum Gasteiger partial charge on any atom is -0.325 e. The van der Waals surface area contributed by atoms with Crippen LogP contribution in [0.25, 0.3) is 0 Å². The largest absolute Gasteiger partial charge is 0.325 e. The van der Waals surface area contributed by atoms with Crippen molar-refractivity contribution in [3.8, 4) is 0 Å². The van der Waals surface area contributed by atoms with Crippen molar-refractivity contribution in [2.75, 3.05) is 5.32 Å². The van der Waals surface area contributed by atoms with E-state index in [9.17, 15) is 9.59 Å². The van der Waals surface area contributed by atoms with Gasteiger partial charge in [0.25, 0.3) is 0 Å². The van der Waals surface area contributed by atoms with Gasteiger partial charge in [-0.2, -0.15) is 0 Å². The zero-order chi connectivity index (χ0) is 21.0. The van der Waals surface area contributed by atoms with E-state index in [1.807, 2.05) is 24.3 Å². The molecule has 1 N–H and O–H groups in total. The highest BCUT2D eigenvalue weighted by Crippen LogP contribution is 2.27. The van der Waals surface area contributed by atoms with Crippen LogP contribution in [-0.4, -0.2) is 11.7 Å². The van der Waals surface area contributed by atoms with Crippen LogP contribution in [0.3, 0.4) is 0 Å². The smallest absolute Gasteiger partial charge is 0.228 e. The first-order valence-corrected chi connectivity index (χ1v) is 10.5. The number of rotatable bonds is 6. The van der Waals surface area contributed by atoms with Crippen molar-refractivity contribution in [3.63, 3.8) is 0 Å². The van der Waals surface area contributed by atoms with E-state index in [0.717, 1.165) is 10.0 Å². The van der Waals surface area contributed by atoms with Gasteiger partial charge in [-0.15, -0.1) is 0 Å². The molecule has 3 nitrogen and oxygen atoms in total. The Bertz CT molecular complexity index is 1050. The summed E-state index contributed by atoms with van der Waals surface area (Å²) in [6, 6.07) is 20.1. The molecule has 29 heavy (non-hydrogen) atoms. The minimum atomic E-state index is -0.242. The molecule has 0 heterocycles. The molecule has 0 radical (unpaired) electrons. The first-order valence-electron chi connectivity index (χ1n) is 9.32. The third kappa shape index (κ3) is 5.34. The Hall–Kier alpha value is -2.43. The van der Waals surface area contributed by atoms with E-state index in [-0.39, 0.29) is 18.1 Å². The first-order chi connectivity index (χ1) is 13.8. The van der Waals surface area contributed by atoms with Gasteiger partial charge < -0.3 is 5.32 Å². The number of carbonyl (C=O) groups is 2. The lowest BCUT2D eigenvalue weighted by atomic mass is 10.00. The minimum absolute atomic E-state index is 0.183. The van der Waals surface area contributed by atoms with Crippen LogP contribution in [-0.2, 0) is 11.2 Å². The van der Waals surface area contributed by atoms with Crippen molar-refractivity contribution in [2.45, 2.75) is 26.2 Å². The molecule has 1 amide bonds. The number of hydrogen-bond donors (Lipinski definition) is 1. The lowest BCUT2D eigenvalue weighted by molar-refractivity contribution is -0.115. The average molecular weight is 471 g/mol. The van der Waals surface area contributed by atoms with Gasteiger partial charge in [-0.05, 0) is 47.4 Å². The molecule has 0 aliphatic heterocycles. The molecule has 0 bridgehead atoms. The summed E-state index contributed by atoms with van der Waals surface area (Å²) in [5.74, 6) is 0.0188.